The summed E-state index contributed by atoms with van der Waals surface area (Å²) in [4.78, 5) is 4.25. The number of imidazole rings is 1. The van der Waals surface area contributed by atoms with Gasteiger partial charge in [-0.1, -0.05) is 29.8 Å². The van der Waals surface area contributed by atoms with Crippen LogP contribution in [0.3, 0.4) is 0 Å². The van der Waals surface area contributed by atoms with E-state index in [0.717, 1.165) is 48.1 Å². The summed E-state index contributed by atoms with van der Waals surface area (Å²) in [6.07, 6.45) is 3.71. The maximum atomic E-state index is 8.87. The molecule has 0 amide bonds. The van der Waals surface area contributed by atoms with Crippen LogP contribution in [0.2, 0.25) is 5.02 Å². The van der Waals surface area contributed by atoms with Crippen molar-refractivity contribution in [2.45, 2.75) is 13.1 Å². The molecule has 7 heteroatoms. The summed E-state index contributed by atoms with van der Waals surface area (Å²) in [6, 6.07) is 17.5. The molecule has 0 unspecified atom stereocenters. The maximum Gasteiger partial charge on any atom is 0.0991 e. The Balaban J connectivity index is 0.00000261. The second-order valence-corrected chi connectivity index (χ2v) is 6.37. The topological polar surface area (TPSA) is 65.7 Å². The third-order valence-electron chi connectivity index (χ3n) is 4.00. The lowest BCUT2D eigenvalue weighted by molar-refractivity contribution is 0.647. The normalized spacial score (nSPS) is 10.1. The molecule has 3 aromatic rings. The zero-order valence-corrected chi connectivity index (χ0v) is 16.3. The number of nitriles is 1. The van der Waals surface area contributed by atoms with E-state index in [2.05, 4.69) is 26.3 Å². The first-order chi connectivity index (χ1) is 12.7. The molecule has 0 aliphatic rings. The Hall–Kier alpha value is -2.52. The van der Waals surface area contributed by atoms with Crippen molar-refractivity contribution in [1.29, 1.82) is 5.26 Å². The van der Waals surface area contributed by atoms with E-state index in [1.165, 1.54) is 0 Å². The number of benzene rings is 2. The fraction of sp³-hybridized carbons (Fsp3) is 0.200. The number of rotatable bonds is 8. The summed E-state index contributed by atoms with van der Waals surface area (Å²) < 4.78 is 2.11. The van der Waals surface area contributed by atoms with Crippen LogP contribution in [0.1, 0.15) is 16.8 Å². The molecule has 5 nitrogen and oxygen atoms in total. The van der Waals surface area contributed by atoms with Crippen LogP contribution in [0.15, 0.2) is 61.1 Å². The molecule has 2 N–H and O–H groups in total. The molecule has 1 heterocycles. The molecule has 0 aliphatic heterocycles. The fourth-order valence-electron chi connectivity index (χ4n) is 2.63. The van der Waals surface area contributed by atoms with Gasteiger partial charge in [-0.2, -0.15) is 5.26 Å². The van der Waals surface area contributed by atoms with Gasteiger partial charge in [-0.25, -0.2) is 4.98 Å². The van der Waals surface area contributed by atoms with Crippen LogP contribution >= 0.6 is 24.0 Å². The van der Waals surface area contributed by atoms with Crippen LogP contribution < -0.4 is 10.6 Å². The second-order valence-electron chi connectivity index (χ2n) is 5.94. The predicted molar refractivity (Wildman–Crippen MR) is 111 cm³/mol. The third-order valence-corrected chi connectivity index (χ3v) is 4.23. The van der Waals surface area contributed by atoms with Gasteiger partial charge in [0.1, 0.15) is 0 Å². The average molecular weight is 402 g/mol. The highest BCUT2D eigenvalue weighted by Gasteiger charge is 2.03. The van der Waals surface area contributed by atoms with Gasteiger partial charge in [0.05, 0.1) is 23.7 Å². The van der Waals surface area contributed by atoms with Gasteiger partial charge in [0.25, 0.3) is 0 Å². The van der Waals surface area contributed by atoms with Crippen molar-refractivity contribution in [3.05, 3.63) is 82.9 Å². The molecule has 0 bridgehead atoms. The van der Waals surface area contributed by atoms with Crippen molar-refractivity contribution in [3.63, 3.8) is 0 Å². The molecular weight excluding hydrogens is 381 g/mol. The molecule has 0 spiro atoms. The minimum Gasteiger partial charge on any atom is -0.384 e. The summed E-state index contributed by atoms with van der Waals surface area (Å²) in [5.41, 5.74) is 3.96. The van der Waals surface area contributed by atoms with Crippen LogP contribution in [-0.4, -0.2) is 22.6 Å². The highest BCUT2D eigenvalue weighted by atomic mass is 35.5. The molecule has 0 radical (unpaired) electrons. The Labute approximate surface area is 170 Å². The van der Waals surface area contributed by atoms with Crippen molar-refractivity contribution in [2.24, 2.45) is 0 Å². The summed E-state index contributed by atoms with van der Waals surface area (Å²) in [6.45, 7) is 3.12. The van der Waals surface area contributed by atoms with Crippen LogP contribution in [0, 0.1) is 11.3 Å². The van der Waals surface area contributed by atoms with Gasteiger partial charge in [-0.3, -0.25) is 0 Å². The van der Waals surface area contributed by atoms with Crippen molar-refractivity contribution in [3.8, 4) is 6.07 Å². The minimum absolute atomic E-state index is 0. The Morgan fingerprint density at radius 3 is 2.67 bits per heavy atom. The quantitative estimate of drug-likeness (QED) is 0.558. The number of halogens is 2. The lowest BCUT2D eigenvalue weighted by Crippen LogP contribution is -2.23. The first-order valence-electron chi connectivity index (χ1n) is 8.43. The molecule has 0 atom stereocenters. The number of nitrogens with zero attached hydrogens (tertiary/aromatic N) is 3. The highest BCUT2D eigenvalue weighted by molar-refractivity contribution is 6.30. The zero-order valence-electron chi connectivity index (χ0n) is 14.7. The lowest BCUT2D eigenvalue weighted by atomic mass is 10.1. The van der Waals surface area contributed by atoms with E-state index in [-0.39, 0.29) is 12.4 Å². The Morgan fingerprint density at radius 2 is 1.93 bits per heavy atom. The van der Waals surface area contributed by atoms with E-state index in [9.17, 15) is 0 Å². The molecule has 27 heavy (non-hydrogen) atoms. The number of hydrogen-bond donors (Lipinski definition) is 2. The van der Waals surface area contributed by atoms with Gasteiger partial charge in [0.2, 0.25) is 0 Å². The largest absolute Gasteiger partial charge is 0.384 e. The molecule has 0 saturated heterocycles. The smallest absolute Gasteiger partial charge is 0.0991 e. The summed E-state index contributed by atoms with van der Waals surface area (Å²) >= 11 is 5.97. The monoisotopic (exact) mass is 401 g/mol. The van der Waals surface area contributed by atoms with Crippen molar-refractivity contribution in [1.82, 2.24) is 14.9 Å². The number of anilines is 1. The molecule has 3 rings (SSSR count). The number of aromatic nitrogens is 2. The fourth-order valence-corrected chi connectivity index (χ4v) is 2.82. The van der Waals surface area contributed by atoms with E-state index in [4.69, 9.17) is 16.9 Å². The van der Waals surface area contributed by atoms with Crippen LogP contribution in [0.5, 0.6) is 0 Å². The maximum absolute atomic E-state index is 8.87. The molecule has 1 aromatic heterocycles. The highest BCUT2D eigenvalue weighted by Crippen LogP contribution is 2.14. The lowest BCUT2D eigenvalue weighted by Gasteiger charge is -2.11. The first kappa shape index (κ1) is 20.8. The molecule has 0 aliphatic carbocycles. The van der Waals surface area contributed by atoms with Gasteiger partial charge < -0.3 is 15.2 Å². The van der Waals surface area contributed by atoms with Crippen molar-refractivity contribution < 1.29 is 0 Å². The predicted octanol–water partition coefficient (Wildman–Crippen LogP) is 4.08. The SMILES string of the molecule is Cl.N#Cc1ccc(Cn2cncc2CNCCNc2cccc(Cl)c2)cc1. The third kappa shape index (κ3) is 6.30. The van der Waals surface area contributed by atoms with E-state index in [1.807, 2.05) is 61.1 Å². The Morgan fingerprint density at radius 1 is 1.11 bits per heavy atom. The van der Waals surface area contributed by atoms with E-state index >= 15 is 0 Å². The van der Waals surface area contributed by atoms with Gasteiger partial charge in [-0.15, -0.1) is 12.4 Å². The average Bonchev–Trinajstić information content (AvgIpc) is 3.09. The van der Waals surface area contributed by atoms with Crippen LogP contribution in [0.4, 0.5) is 5.69 Å². The molecular formula is C20H21Cl2N5. The standard InChI is InChI=1S/C20H20ClN5.ClH/c21-18-2-1-3-19(10-18)25-9-8-23-12-20-13-24-15-26(20)14-17-6-4-16(11-22)5-7-17;/h1-7,10,13,15,23,25H,8-9,12,14H2;1H. The summed E-state index contributed by atoms with van der Waals surface area (Å²) in [7, 11) is 0. The van der Waals surface area contributed by atoms with Crippen molar-refractivity contribution in [2.75, 3.05) is 18.4 Å². The first-order valence-corrected chi connectivity index (χ1v) is 8.80. The van der Waals surface area contributed by atoms with Gasteiger partial charge in [0.15, 0.2) is 0 Å². The Bertz CT molecular complexity index is 884. The zero-order chi connectivity index (χ0) is 18.2. The van der Waals surface area contributed by atoms with E-state index in [1.54, 1.807) is 0 Å². The van der Waals surface area contributed by atoms with Gasteiger partial charge in [-0.05, 0) is 35.9 Å². The van der Waals surface area contributed by atoms with E-state index in [0.29, 0.717) is 5.56 Å². The van der Waals surface area contributed by atoms with Crippen LogP contribution in [-0.2, 0) is 13.1 Å². The Kier molecular flexibility index (Phi) is 8.15. The molecule has 140 valence electrons. The molecule has 2 aromatic carbocycles. The molecule has 0 saturated carbocycles. The van der Waals surface area contributed by atoms with Gasteiger partial charge >= 0.3 is 0 Å². The summed E-state index contributed by atoms with van der Waals surface area (Å²) in [5.74, 6) is 0. The van der Waals surface area contributed by atoms with Crippen molar-refractivity contribution >= 4 is 29.7 Å². The van der Waals surface area contributed by atoms with Crippen LogP contribution in [0.25, 0.3) is 0 Å². The molecule has 0 fully saturated rings. The second kappa shape index (κ2) is 10.6. The van der Waals surface area contributed by atoms with E-state index < -0.39 is 0 Å². The summed E-state index contributed by atoms with van der Waals surface area (Å²) in [5, 5.41) is 16.4. The number of hydrogen-bond acceptors (Lipinski definition) is 4. The minimum atomic E-state index is 0. The van der Waals surface area contributed by atoms with Gasteiger partial charge in [0, 0.05) is 43.1 Å². The number of nitrogens with one attached hydrogen (secondary N) is 2.